The molecule has 1 aliphatic heterocycles. The Balaban J connectivity index is 1.65. The first-order chi connectivity index (χ1) is 12.9. The van der Waals surface area contributed by atoms with Gasteiger partial charge in [0.2, 0.25) is 5.91 Å². The van der Waals surface area contributed by atoms with E-state index in [-0.39, 0.29) is 18.0 Å². The summed E-state index contributed by atoms with van der Waals surface area (Å²) in [5, 5.41) is 0. The molecular formula is C24H32N2O. The van der Waals surface area contributed by atoms with Gasteiger partial charge in [-0.05, 0) is 55.4 Å². The lowest BCUT2D eigenvalue weighted by Gasteiger charge is -2.39. The maximum atomic E-state index is 13.0. The monoisotopic (exact) mass is 364 g/mol. The minimum absolute atomic E-state index is 0.184. The van der Waals surface area contributed by atoms with Crippen LogP contribution in [0.4, 0.5) is 0 Å². The number of rotatable bonds is 5. The van der Waals surface area contributed by atoms with Gasteiger partial charge in [-0.2, -0.15) is 0 Å². The van der Waals surface area contributed by atoms with Crippen LogP contribution in [-0.2, 0) is 11.2 Å². The number of nitrogens with zero attached hydrogens (tertiary/aromatic N) is 2. The zero-order valence-electron chi connectivity index (χ0n) is 17.3. The molecule has 0 saturated heterocycles. The fourth-order valence-electron chi connectivity index (χ4n) is 4.17. The van der Waals surface area contributed by atoms with E-state index in [1.54, 1.807) is 0 Å². The highest BCUT2D eigenvalue weighted by molar-refractivity contribution is 5.78. The quantitative estimate of drug-likeness (QED) is 0.776. The first kappa shape index (κ1) is 19.6. The Kier molecular flexibility index (Phi) is 6.01. The summed E-state index contributed by atoms with van der Waals surface area (Å²) in [6.07, 6.45) is 0.893. The second-order valence-corrected chi connectivity index (χ2v) is 8.12. The van der Waals surface area contributed by atoms with Gasteiger partial charge in [0.05, 0.1) is 6.54 Å². The van der Waals surface area contributed by atoms with E-state index in [0.29, 0.717) is 12.5 Å². The molecule has 1 amide bonds. The molecule has 2 unspecified atom stereocenters. The molecule has 1 heterocycles. The molecule has 0 bridgehead atoms. The number of fused-ring (bicyclic) bond motifs is 1. The van der Waals surface area contributed by atoms with Crippen molar-refractivity contribution in [2.45, 2.75) is 52.1 Å². The van der Waals surface area contributed by atoms with E-state index in [9.17, 15) is 4.79 Å². The van der Waals surface area contributed by atoms with E-state index in [2.05, 4.69) is 81.1 Å². The smallest absolute Gasteiger partial charge is 0.236 e. The third-order valence-electron chi connectivity index (χ3n) is 6.20. The van der Waals surface area contributed by atoms with Crippen LogP contribution in [0.5, 0.6) is 0 Å². The summed E-state index contributed by atoms with van der Waals surface area (Å²) < 4.78 is 0. The van der Waals surface area contributed by atoms with Gasteiger partial charge in [0.25, 0.3) is 0 Å². The van der Waals surface area contributed by atoms with Gasteiger partial charge in [0, 0.05) is 25.7 Å². The average molecular weight is 365 g/mol. The lowest BCUT2D eigenvalue weighted by Crippen LogP contribution is -2.46. The van der Waals surface area contributed by atoms with Crippen molar-refractivity contribution in [3.63, 3.8) is 0 Å². The molecule has 0 fully saturated rings. The Bertz CT molecular complexity index is 800. The predicted octanol–water partition coefficient (Wildman–Crippen LogP) is 4.56. The number of benzene rings is 2. The van der Waals surface area contributed by atoms with Gasteiger partial charge >= 0.3 is 0 Å². The summed E-state index contributed by atoms with van der Waals surface area (Å²) in [5.41, 5.74) is 5.40. The first-order valence-electron chi connectivity index (χ1n) is 10.0. The van der Waals surface area contributed by atoms with Crippen molar-refractivity contribution in [1.29, 1.82) is 0 Å². The van der Waals surface area contributed by atoms with Crippen LogP contribution in [-0.4, -0.2) is 41.9 Å². The summed E-state index contributed by atoms with van der Waals surface area (Å²) in [6, 6.07) is 17.6. The third-order valence-corrected chi connectivity index (χ3v) is 6.20. The van der Waals surface area contributed by atoms with Gasteiger partial charge < -0.3 is 4.90 Å². The molecule has 144 valence electrons. The number of hydrogen-bond donors (Lipinski definition) is 0. The van der Waals surface area contributed by atoms with Crippen LogP contribution in [0.25, 0.3) is 0 Å². The second-order valence-electron chi connectivity index (χ2n) is 8.12. The van der Waals surface area contributed by atoms with Crippen LogP contribution in [0.15, 0.2) is 48.5 Å². The molecule has 2 aromatic carbocycles. The van der Waals surface area contributed by atoms with Crippen molar-refractivity contribution in [1.82, 2.24) is 9.80 Å². The molecule has 2 aromatic rings. The topological polar surface area (TPSA) is 23.6 Å². The Morgan fingerprint density at radius 2 is 1.74 bits per heavy atom. The fourth-order valence-corrected chi connectivity index (χ4v) is 4.17. The van der Waals surface area contributed by atoms with E-state index >= 15 is 0 Å². The van der Waals surface area contributed by atoms with E-state index in [1.807, 2.05) is 11.9 Å². The van der Waals surface area contributed by atoms with Crippen molar-refractivity contribution in [2.75, 3.05) is 20.1 Å². The molecule has 3 nitrogen and oxygen atoms in total. The van der Waals surface area contributed by atoms with Crippen LogP contribution < -0.4 is 0 Å². The third kappa shape index (κ3) is 4.24. The maximum Gasteiger partial charge on any atom is 0.236 e. The van der Waals surface area contributed by atoms with Crippen molar-refractivity contribution >= 4 is 5.91 Å². The molecular weight excluding hydrogens is 332 g/mol. The molecule has 0 radical (unpaired) electrons. The van der Waals surface area contributed by atoms with Gasteiger partial charge in [-0.15, -0.1) is 0 Å². The van der Waals surface area contributed by atoms with Crippen LogP contribution >= 0.6 is 0 Å². The van der Waals surface area contributed by atoms with E-state index in [1.165, 1.54) is 22.3 Å². The van der Waals surface area contributed by atoms with Crippen LogP contribution in [0.3, 0.4) is 0 Å². The summed E-state index contributed by atoms with van der Waals surface area (Å²) >= 11 is 0. The van der Waals surface area contributed by atoms with Crippen LogP contribution in [0.1, 0.15) is 55.0 Å². The number of carbonyl (C=O) groups excluding carboxylic acids is 1. The Morgan fingerprint density at radius 1 is 1.11 bits per heavy atom. The van der Waals surface area contributed by atoms with Gasteiger partial charge in [-0.1, -0.05) is 55.5 Å². The predicted molar refractivity (Wildman–Crippen MR) is 112 cm³/mol. The van der Waals surface area contributed by atoms with Crippen molar-refractivity contribution in [3.8, 4) is 0 Å². The van der Waals surface area contributed by atoms with Crippen LogP contribution in [0, 0.1) is 6.92 Å². The molecule has 0 spiro atoms. The van der Waals surface area contributed by atoms with Crippen molar-refractivity contribution in [3.05, 3.63) is 70.8 Å². The minimum atomic E-state index is 0.184. The largest absolute Gasteiger partial charge is 0.342 e. The molecule has 3 atom stereocenters. The van der Waals surface area contributed by atoms with E-state index < -0.39 is 0 Å². The molecule has 1 aliphatic rings. The summed E-state index contributed by atoms with van der Waals surface area (Å²) in [6.45, 7) is 10.2. The van der Waals surface area contributed by atoms with Gasteiger partial charge in [-0.3, -0.25) is 9.69 Å². The summed E-state index contributed by atoms with van der Waals surface area (Å²) in [4.78, 5) is 17.2. The van der Waals surface area contributed by atoms with Crippen LogP contribution in [0.2, 0.25) is 0 Å². The fraction of sp³-hybridized carbons (Fsp3) is 0.458. The maximum absolute atomic E-state index is 13.0. The number of amides is 1. The minimum Gasteiger partial charge on any atom is -0.342 e. The average Bonchev–Trinajstić information content (AvgIpc) is 2.67. The van der Waals surface area contributed by atoms with Gasteiger partial charge in [0.15, 0.2) is 0 Å². The Morgan fingerprint density at radius 3 is 2.44 bits per heavy atom. The number of likely N-dealkylation sites (N-methyl/N-ethyl adjacent to an activating group) is 1. The number of hydrogen-bond acceptors (Lipinski definition) is 2. The summed E-state index contributed by atoms with van der Waals surface area (Å²) in [7, 11) is 1.94. The van der Waals surface area contributed by atoms with Crippen molar-refractivity contribution in [2.24, 2.45) is 0 Å². The SMILES string of the molecule is Cc1ccccc1CC(C)N(C)C(=O)CN1C[C@H](C)c2ccccc2C1C. The molecule has 0 aliphatic carbocycles. The lowest BCUT2D eigenvalue weighted by atomic mass is 9.87. The molecule has 0 aromatic heterocycles. The highest BCUT2D eigenvalue weighted by Crippen LogP contribution is 2.35. The molecule has 27 heavy (non-hydrogen) atoms. The van der Waals surface area contributed by atoms with Gasteiger partial charge in [0.1, 0.15) is 0 Å². The second kappa shape index (κ2) is 8.26. The summed E-state index contributed by atoms with van der Waals surface area (Å²) in [5.74, 6) is 0.661. The normalized spacial score (nSPS) is 20.8. The Labute approximate surface area is 164 Å². The first-order valence-corrected chi connectivity index (χ1v) is 10.0. The number of aryl methyl sites for hydroxylation is 1. The standard InChI is InChI=1S/C24H32N2O/c1-17-10-6-7-11-21(17)14-19(3)25(5)24(27)16-26-15-18(2)22-12-8-9-13-23(22)20(26)4/h6-13,18-20H,14-16H2,1-5H3/t18-,19?,20?/m0/s1. The molecule has 3 rings (SSSR count). The number of carbonyl (C=O) groups is 1. The molecule has 3 heteroatoms. The van der Waals surface area contributed by atoms with Gasteiger partial charge in [-0.25, -0.2) is 0 Å². The van der Waals surface area contributed by atoms with E-state index in [4.69, 9.17) is 0 Å². The zero-order chi connectivity index (χ0) is 19.6. The zero-order valence-corrected chi connectivity index (χ0v) is 17.3. The lowest BCUT2D eigenvalue weighted by molar-refractivity contribution is -0.133. The Hall–Kier alpha value is -2.13. The highest BCUT2D eigenvalue weighted by Gasteiger charge is 2.30. The van der Waals surface area contributed by atoms with E-state index in [0.717, 1.165) is 13.0 Å². The highest BCUT2D eigenvalue weighted by atomic mass is 16.2. The molecule has 0 N–H and O–H groups in total. The molecule has 0 saturated carbocycles. The van der Waals surface area contributed by atoms with Crippen molar-refractivity contribution < 1.29 is 4.79 Å².